The van der Waals surface area contributed by atoms with Crippen molar-refractivity contribution in [2.45, 2.75) is 6.92 Å². The van der Waals surface area contributed by atoms with E-state index >= 15 is 0 Å². The summed E-state index contributed by atoms with van der Waals surface area (Å²) in [6, 6.07) is 11.6. The predicted molar refractivity (Wildman–Crippen MR) is 112 cm³/mol. The van der Waals surface area contributed by atoms with Gasteiger partial charge >= 0.3 is 5.63 Å². The standard InChI is InChI=1S/C20H19N5O2.ClHO/c1-13-4-7-25-15(10-13)12-17(23-25)16-11-14-2-3-18(22-19(14)27-20(16)26)24-8-5-21-6-9-24;1-2/h2-4,7,10-12,21H,5-6,8-9H2,1H3;2H. The van der Waals surface area contributed by atoms with Crippen LogP contribution >= 0.6 is 11.9 Å². The van der Waals surface area contributed by atoms with Crippen molar-refractivity contribution in [1.82, 2.24) is 19.9 Å². The molecule has 0 saturated carbocycles. The minimum Gasteiger partial charge on any atom is -0.403 e. The quantitative estimate of drug-likeness (QED) is 0.520. The number of nitrogens with one attached hydrogen (secondary N) is 1. The second-order valence-electron chi connectivity index (χ2n) is 6.85. The molecule has 0 unspecified atom stereocenters. The van der Waals surface area contributed by atoms with Gasteiger partial charge in [-0.1, -0.05) is 0 Å². The van der Waals surface area contributed by atoms with Gasteiger partial charge < -0.3 is 14.6 Å². The van der Waals surface area contributed by atoms with E-state index in [9.17, 15) is 4.79 Å². The number of piperazine rings is 1. The molecule has 5 rings (SSSR count). The molecular formula is C20H20ClN5O3. The van der Waals surface area contributed by atoms with Gasteiger partial charge in [0, 0.05) is 37.8 Å². The van der Waals surface area contributed by atoms with Crippen LogP contribution in [0.15, 0.2) is 51.8 Å². The molecule has 0 amide bonds. The lowest BCUT2D eigenvalue weighted by atomic mass is 10.1. The van der Waals surface area contributed by atoms with Crippen molar-refractivity contribution in [1.29, 1.82) is 0 Å². The Labute approximate surface area is 171 Å². The maximum Gasteiger partial charge on any atom is 0.347 e. The van der Waals surface area contributed by atoms with Crippen LogP contribution in [0.1, 0.15) is 5.56 Å². The molecule has 8 nitrogen and oxygen atoms in total. The van der Waals surface area contributed by atoms with Crippen molar-refractivity contribution in [2.75, 3.05) is 31.1 Å². The molecule has 9 heteroatoms. The highest BCUT2D eigenvalue weighted by Crippen LogP contribution is 2.23. The first-order chi connectivity index (χ1) is 14.2. The van der Waals surface area contributed by atoms with Crippen molar-refractivity contribution in [2.24, 2.45) is 0 Å². The number of anilines is 1. The third-order valence-corrected chi connectivity index (χ3v) is 4.92. The highest BCUT2D eigenvalue weighted by atomic mass is 35.5. The van der Waals surface area contributed by atoms with E-state index in [1.54, 1.807) is 4.52 Å². The van der Waals surface area contributed by atoms with Gasteiger partial charge in [0.2, 0.25) is 5.71 Å². The van der Waals surface area contributed by atoms with Gasteiger partial charge in [-0.2, -0.15) is 10.1 Å². The molecule has 0 atom stereocenters. The van der Waals surface area contributed by atoms with Crippen LogP contribution < -0.4 is 15.8 Å². The number of nitrogens with zero attached hydrogens (tertiary/aromatic N) is 4. The van der Waals surface area contributed by atoms with E-state index in [1.807, 2.05) is 49.5 Å². The second kappa shape index (κ2) is 8.20. The molecule has 0 bridgehead atoms. The Morgan fingerprint density at radius 2 is 1.93 bits per heavy atom. The molecule has 0 aromatic carbocycles. The number of pyridine rings is 2. The van der Waals surface area contributed by atoms with Gasteiger partial charge in [-0.25, -0.2) is 9.31 Å². The molecular weight excluding hydrogens is 394 g/mol. The van der Waals surface area contributed by atoms with E-state index in [0.717, 1.165) is 48.5 Å². The monoisotopic (exact) mass is 413 g/mol. The molecule has 0 aliphatic carbocycles. The first-order valence-electron chi connectivity index (χ1n) is 9.21. The molecule has 2 N–H and O–H groups in total. The highest BCUT2D eigenvalue weighted by Gasteiger charge is 2.15. The summed E-state index contributed by atoms with van der Waals surface area (Å²) < 4.78 is 13.8. The minimum atomic E-state index is -0.424. The lowest BCUT2D eigenvalue weighted by Crippen LogP contribution is -2.43. The van der Waals surface area contributed by atoms with E-state index in [2.05, 4.69) is 32.2 Å². The first-order valence-corrected chi connectivity index (χ1v) is 9.55. The molecule has 4 aromatic heterocycles. The molecule has 1 aliphatic heterocycles. The Hall–Kier alpha value is -2.94. The Bertz CT molecular complexity index is 1210. The van der Waals surface area contributed by atoms with Crippen molar-refractivity contribution >= 4 is 34.3 Å². The Kier molecular flexibility index (Phi) is 5.48. The van der Waals surface area contributed by atoms with E-state index in [-0.39, 0.29) is 0 Å². The summed E-state index contributed by atoms with van der Waals surface area (Å²) in [6.07, 6.45) is 1.89. The topological polar surface area (TPSA) is 95.9 Å². The largest absolute Gasteiger partial charge is 0.403 e. The molecule has 29 heavy (non-hydrogen) atoms. The van der Waals surface area contributed by atoms with Crippen LogP contribution in [0, 0.1) is 6.92 Å². The van der Waals surface area contributed by atoms with Gasteiger partial charge in [0.15, 0.2) is 0 Å². The predicted octanol–water partition coefficient (Wildman–Crippen LogP) is 2.35. The molecule has 5 heterocycles. The third-order valence-electron chi connectivity index (χ3n) is 4.92. The van der Waals surface area contributed by atoms with E-state index in [4.69, 9.17) is 9.08 Å². The van der Waals surface area contributed by atoms with Gasteiger partial charge in [0.05, 0.1) is 22.9 Å². The average Bonchev–Trinajstić information content (AvgIpc) is 3.18. The lowest BCUT2D eigenvalue weighted by Gasteiger charge is -2.28. The molecule has 150 valence electrons. The zero-order chi connectivity index (χ0) is 20.4. The molecule has 0 radical (unpaired) electrons. The Morgan fingerprint density at radius 1 is 1.14 bits per heavy atom. The third kappa shape index (κ3) is 3.82. The number of fused-ring (bicyclic) bond motifs is 2. The van der Waals surface area contributed by atoms with Crippen LogP contribution in [0.25, 0.3) is 27.9 Å². The summed E-state index contributed by atoms with van der Waals surface area (Å²) in [6.45, 7) is 5.66. The van der Waals surface area contributed by atoms with Crippen LogP contribution in [0.3, 0.4) is 0 Å². The summed E-state index contributed by atoms with van der Waals surface area (Å²) in [5.74, 6) is 0.836. The molecule has 1 saturated heterocycles. The average molecular weight is 414 g/mol. The van der Waals surface area contributed by atoms with Gasteiger partial charge in [-0.3, -0.25) is 4.66 Å². The number of hydrogen-bond donors (Lipinski definition) is 2. The molecule has 0 spiro atoms. The molecule has 1 fully saturated rings. The van der Waals surface area contributed by atoms with E-state index < -0.39 is 5.63 Å². The number of halogens is 1. The smallest absolute Gasteiger partial charge is 0.347 e. The fourth-order valence-electron chi connectivity index (χ4n) is 3.48. The summed E-state index contributed by atoms with van der Waals surface area (Å²) in [5, 5.41) is 8.61. The molecule has 4 aromatic rings. The summed E-state index contributed by atoms with van der Waals surface area (Å²) in [5.41, 5.74) is 3.07. The summed E-state index contributed by atoms with van der Waals surface area (Å²) in [4.78, 5) is 19.3. The first kappa shape index (κ1) is 19.4. The van der Waals surface area contributed by atoms with Crippen LogP contribution in [-0.2, 0) is 0 Å². The number of aryl methyl sites for hydroxylation is 1. The highest BCUT2D eigenvalue weighted by molar-refractivity contribution is 6.04. The fourth-order valence-corrected chi connectivity index (χ4v) is 3.48. The van der Waals surface area contributed by atoms with Crippen molar-refractivity contribution < 1.29 is 9.08 Å². The van der Waals surface area contributed by atoms with Gasteiger partial charge in [-0.15, -0.1) is 0 Å². The van der Waals surface area contributed by atoms with Gasteiger partial charge in [0.1, 0.15) is 11.5 Å². The SMILES string of the molecule is Cc1ccn2nc(-c3cc4ccc(N5CCNCC5)nc4oc3=O)cc2c1.OCl. The van der Waals surface area contributed by atoms with Gasteiger partial charge in [0.25, 0.3) is 0 Å². The number of rotatable bonds is 2. The number of aromatic nitrogens is 3. The van der Waals surface area contributed by atoms with Crippen LogP contribution in [0.4, 0.5) is 5.82 Å². The minimum absolute atomic E-state index is 0.361. The van der Waals surface area contributed by atoms with Crippen LogP contribution in [0.5, 0.6) is 0 Å². The number of hydrogen-bond acceptors (Lipinski definition) is 7. The zero-order valence-electron chi connectivity index (χ0n) is 15.8. The summed E-state index contributed by atoms with van der Waals surface area (Å²) in [7, 11) is 0. The van der Waals surface area contributed by atoms with E-state index in [1.165, 1.54) is 0 Å². The maximum absolute atomic E-state index is 12.6. The van der Waals surface area contributed by atoms with Crippen LogP contribution in [-0.4, -0.2) is 45.4 Å². The van der Waals surface area contributed by atoms with E-state index in [0.29, 0.717) is 17.0 Å². The molecule has 1 aliphatic rings. The zero-order valence-corrected chi connectivity index (χ0v) is 16.6. The maximum atomic E-state index is 12.6. The normalized spacial score (nSPS) is 14.1. The van der Waals surface area contributed by atoms with Crippen LogP contribution in [0.2, 0.25) is 0 Å². The summed E-state index contributed by atoms with van der Waals surface area (Å²) >= 11 is 3.64. The Morgan fingerprint density at radius 3 is 2.72 bits per heavy atom. The van der Waals surface area contributed by atoms with Crippen molar-refractivity contribution in [3.63, 3.8) is 0 Å². The van der Waals surface area contributed by atoms with Gasteiger partial charge in [-0.05, 0) is 48.9 Å². The van der Waals surface area contributed by atoms with Crippen molar-refractivity contribution in [3.05, 3.63) is 58.6 Å². The van der Waals surface area contributed by atoms with Crippen molar-refractivity contribution in [3.8, 4) is 11.3 Å². The second-order valence-corrected chi connectivity index (χ2v) is 6.85. The Balaban J connectivity index is 0.000000994. The fraction of sp³-hybridized carbons (Fsp3) is 0.250. The lowest BCUT2D eigenvalue weighted by molar-refractivity contribution is 0.547.